The molecule has 9 nitrogen and oxygen atoms in total. The molecule has 0 fully saturated rings. The number of guanidine groups is 1. The first-order valence-corrected chi connectivity index (χ1v) is 5.45. The predicted molar refractivity (Wildman–Crippen MR) is 65.7 cm³/mol. The van der Waals surface area contributed by atoms with Crippen molar-refractivity contribution < 1.29 is 14.7 Å². The second-order valence-corrected chi connectivity index (χ2v) is 3.72. The van der Waals surface area contributed by atoms with Crippen LogP contribution in [0.3, 0.4) is 0 Å². The summed E-state index contributed by atoms with van der Waals surface area (Å²) in [6, 6.07) is -1.94. The van der Waals surface area contributed by atoms with Crippen LogP contribution in [0.1, 0.15) is 12.8 Å². The summed E-state index contributed by atoms with van der Waals surface area (Å²) in [5, 5.41) is 20.4. The summed E-state index contributed by atoms with van der Waals surface area (Å²) in [5.41, 5.74) is 15.8. The first kappa shape index (κ1) is 16.1. The number of carboxylic acids is 1. The first-order chi connectivity index (χ1) is 8.38. The van der Waals surface area contributed by atoms with Crippen LogP contribution in [0.25, 0.3) is 0 Å². The van der Waals surface area contributed by atoms with Gasteiger partial charge in [-0.05, 0) is 12.8 Å². The zero-order valence-corrected chi connectivity index (χ0v) is 9.98. The van der Waals surface area contributed by atoms with Crippen LogP contribution in [-0.4, -0.2) is 48.1 Å². The van der Waals surface area contributed by atoms with Gasteiger partial charge in [0.15, 0.2) is 5.96 Å². The molecule has 0 radical (unpaired) electrons. The van der Waals surface area contributed by atoms with Gasteiger partial charge in [0.05, 0.1) is 6.04 Å². The van der Waals surface area contributed by atoms with Crippen molar-refractivity contribution in [3.63, 3.8) is 0 Å². The van der Waals surface area contributed by atoms with E-state index in [1.165, 1.54) is 0 Å². The van der Waals surface area contributed by atoms with Crippen LogP contribution >= 0.6 is 0 Å². The predicted octanol–water partition coefficient (Wildman–Crippen LogP) is -2.89. The number of carbonyl (C=O) groups is 2. The Morgan fingerprint density at radius 2 is 2.00 bits per heavy atom. The highest BCUT2D eigenvalue weighted by atomic mass is 16.4. The Hall–Kier alpha value is -1.87. The van der Waals surface area contributed by atoms with Crippen LogP contribution < -0.4 is 27.8 Å². The summed E-state index contributed by atoms with van der Waals surface area (Å²) in [5.74, 6) is -1.91. The molecule has 104 valence electrons. The van der Waals surface area contributed by atoms with Gasteiger partial charge in [-0.1, -0.05) is 0 Å². The smallest absolute Gasteiger partial charge is 0.327 e. The standard InChI is InChI=1S/C9H20N6O3/c10-4-6(8(17)18)15-7(16)5(11)2-1-3-14-9(12)13/h5-6H,1-4,10-11H2,(H,15,16)(H,17,18)(H4,12,13,14)/t5-,6-/m0/s1. The van der Waals surface area contributed by atoms with Gasteiger partial charge in [0.2, 0.25) is 5.91 Å². The van der Waals surface area contributed by atoms with Gasteiger partial charge < -0.3 is 32.9 Å². The van der Waals surface area contributed by atoms with Gasteiger partial charge in [0.1, 0.15) is 6.04 Å². The van der Waals surface area contributed by atoms with E-state index in [1.807, 2.05) is 0 Å². The first-order valence-electron chi connectivity index (χ1n) is 5.45. The number of nitrogens with two attached hydrogens (primary N) is 3. The van der Waals surface area contributed by atoms with E-state index in [1.54, 1.807) is 0 Å². The average Bonchev–Trinajstić information content (AvgIpc) is 2.30. The molecule has 0 aliphatic rings. The Bertz CT molecular complexity index is 309. The lowest BCUT2D eigenvalue weighted by Crippen LogP contribution is -2.51. The molecule has 0 heterocycles. The summed E-state index contributed by atoms with van der Waals surface area (Å²) in [4.78, 5) is 22.1. The highest BCUT2D eigenvalue weighted by Crippen LogP contribution is 1.94. The minimum atomic E-state index is -1.20. The van der Waals surface area contributed by atoms with Crippen molar-refractivity contribution >= 4 is 17.8 Å². The molecule has 1 amide bonds. The Morgan fingerprint density at radius 3 is 2.44 bits per heavy atom. The van der Waals surface area contributed by atoms with Crippen molar-refractivity contribution in [1.29, 1.82) is 5.41 Å². The summed E-state index contributed by atoms with van der Waals surface area (Å²) >= 11 is 0. The van der Waals surface area contributed by atoms with Crippen molar-refractivity contribution in [3.05, 3.63) is 0 Å². The summed E-state index contributed by atoms with van der Waals surface area (Å²) in [6.07, 6.45) is 0.886. The zero-order chi connectivity index (χ0) is 14.1. The Kier molecular flexibility index (Phi) is 7.40. The van der Waals surface area contributed by atoms with Crippen LogP contribution in [0.5, 0.6) is 0 Å². The molecule has 0 unspecified atom stereocenters. The third-order valence-corrected chi connectivity index (χ3v) is 2.19. The fourth-order valence-corrected chi connectivity index (χ4v) is 1.18. The molecule has 0 saturated heterocycles. The normalized spacial score (nSPS) is 13.4. The van der Waals surface area contributed by atoms with Crippen molar-refractivity contribution in [2.24, 2.45) is 17.2 Å². The van der Waals surface area contributed by atoms with Gasteiger partial charge in [0, 0.05) is 13.1 Å². The monoisotopic (exact) mass is 260 g/mol. The summed E-state index contributed by atoms with van der Waals surface area (Å²) in [7, 11) is 0. The molecule has 0 aromatic rings. The number of aliphatic carboxylic acids is 1. The molecule has 0 bridgehead atoms. The molecular weight excluding hydrogens is 240 g/mol. The van der Waals surface area contributed by atoms with E-state index in [0.717, 1.165) is 0 Å². The van der Waals surface area contributed by atoms with E-state index in [2.05, 4.69) is 10.6 Å². The van der Waals surface area contributed by atoms with E-state index in [4.69, 9.17) is 27.7 Å². The van der Waals surface area contributed by atoms with E-state index in [-0.39, 0.29) is 12.5 Å². The average molecular weight is 260 g/mol. The Morgan fingerprint density at radius 1 is 1.39 bits per heavy atom. The van der Waals surface area contributed by atoms with Crippen molar-refractivity contribution in [2.75, 3.05) is 13.1 Å². The largest absolute Gasteiger partial charge is 0.480 e. The number of hydrogen-bond donors (Lipinski definition) is 7. The molecule has 0 aromatic carbocycles. The second kappa shape index (κ2) is 8.25. The van der Waals surface area contributed by atoms with E-state index >= 15 is 0 Å². The lowest BCUT2D eigenvalue weighted by Gasteiger charge is -2.16. The fourth-order valence-electron chi connectivity index (χ4n) is 1.18. The zero-order valence-electron chi connectivity index (χ0n) is 9.98. The van der Waals surface area contributed by atoms with Crippen LogP contribution in [-0.2, 0) is 9.59 Å². The quantitative estimate of drug-likeness (QED) is 0.139. The highest BCUT2D eigenvalue weighted by Gasteiger charge is 2.21. The van der Waals surface area contributed by atoms with E-state index in [0.29, 0.717) is 19.4 Å². The third-order valence-electron chi connectivity index (χ3n) is 2.19. The van der Waals surface area contributed by atoms with Gasteiger partial charge in [-0.2, -0.15) is 0 Å². The Balaban J connectivity index is 3.95. The molecule has 0 spiro atoms. The molecule has 0 saturated carbocycles. The van der Waals surface area contributed by atoms with Gasteiger partial charge in [-0.25, -0.2) is 4.79 Å². The van der Waals surface area contributed by atoms with Crippen molar-refractivity contribution in [1.82, 2.24) is 10.6 Å². The molecule has 9 heteroatoms. The molecule has 0 aliphatic carbocycles. The number of carbonyl (C=O) groups excluding carboxylic acids is 1. The van der Waals surface area contributed by atoms with Gasteiger partial charge in [-0.3, -0.25) is 10.2 Å². The molecule has 2 atom stereocenters. The maximum absolute atomic E-state index is 11.5. The molecule has 10 N–H and O–H groups in total. The summed E-state index contributed by atoms with van der Waals surface area (Å²) in [6.45, 7) is 0.231. The lowest BCUT2D eigenvalue weighted by atomic mass is 10.1. The minimum absolute atomic E-state index is 0.151. The highest BCUT2D eigenvalue weighted by molar-refractivity contribution is 5.86. The van der Waals surface area contributed by atoms with Crippen LogP contribution in [0.4, 0.5) is 0 Å². The van der Waals surface area contributed by atoms with Crippen molar-refractivity contribution in [2.45, 2.75) is 24.9 Å². The molecular formula is C9H20N6O3. The fraction of sp³-hybridized carbons (Fsp3) is 0.667. The van der Waals surface area contributed by atoms with E-state index in [9.17, 15) is 9.59 Å². The molecule has 0 aliphatic heterocycles. The topological polar surface area (TPSA) is 180 Å². The van der Waals surface area contributed by atoms with Gasteiger partial charge in [0.25, 0.3) is 0 Å². The van der Waals surface area contributed by atoms with Gasteiger partial charge in [-0.15, -0.1) is 0 Å². The number of hydrogen-bond acceptors (Lipinski definition) is 5. The summed E-state index contributed by atoms with van der Waals surface area (Å²) < 4.78 is 0. The molecule has 0 rings (SSSR count). The number of nitrogens with one attached hydrogen (secondary N) is 3. The second-order valence-electron chi connectivity index (χ2n) is 3.72. The molecule has 18 heavy (non-hydrogen) atoms. The maximum Gasteiger partial charge on any atom is 0.327 e. The number of rotatable bonds is 8. The lowest BCUT2D eigenvalue weighted by molar-refractivity contribution is -0.141. The Labute approximate surface area is 105 Å². The van der Waals surface area contributed by atoms with Crippen LogP contribution in [0, 0.1) is 5.41 Å². The third kappa shape index (κ3) is 6.66. The SMILES string of the molecule is N=C(N)NCCC[C@H](N)C(=O)N[C@@H](CN)C(=O)O. The number of amides is 1. The van der Waals surface area contributed by atoms with Gasteiger partial charge >= 0.3 is 5.97 Å². The van der Waals surface area contributed by atoms with Crippen LogP contribution in [0.2, 0.25) is 0 Å². The minimum Gasteiger partial charge on any atom is -0.480 e. The molecule has 0 aromatic heterocycles. The maximum atomic E-state index is 11.5. The van der Waals surface area contributed by atoms with E-state index < -0.39 is 24.0 Å². The van der Waals surface area contributed by atoms with Crippen LogP contribution in [0.15, 0.2) is 0 Å². The van der Waals surface area contributed by atoms with Crippen molar-refractivity contribution in [3.8, 4) is 0 Å². The number of carboxylic acid groups (broad SMARTS) is 1.